The Morgan fingerprint density at radius 3 is 3.05 bits per heavy atom. The molecule has 2 heterocycles. The number of aryl methyl sites for hydroxylation is 1. The number of sulfonamides is 1. The molecular weight excluding hydrogens is 280 g/mol. The van der Waals surface area contributed by atoms with Gasteiger partial charge in [0.2, 0.25) is 10.0 Å². The molecule has 1 unspecified atom stereocenters. The van der Waals surface area contributed by atoms with Crippen LogP contribution in [0, 0.1) is 0 Å². The summed E-state index contributed by atoms with van der Waals surface area (Å²) in [7, 11) is -3.38. The van der Waals surface area contributed by atoms with Gasteiger partial charge in [-0.3, -0.25) is 0 Å². The molecule has 1 fully saturated rings. The summed E-state index contributed by atoms with van der Waals surface area (Å²) in [6, 6.07) is 5.49. The van der Waals surface area contributed by atoms with Crippen LogP contribution in [0.5, 0.6) is 0 Å². The van der Waals surface area contributed by atoms with E-state index < -0.39 is 10.0 Å². The van der Waals surface area contributed by atoms with Crippen molar-refractivity contribution in [2.75, 3.05) is 23.4 Å². The Hall–Kier alpha value is -0.720. The van der Waals surface area contributed by atoms with Gasteiger partial charge >= 0.3 is 0 Å². The zero-order chi connectivity index (χ0) is 13.3. The SMILES string of the molecule is O=S(=O)(NC1CCSC1)c1ccc2c(c1)NCCC2. The molecule has 0 saturated carbocycles. The number of thioether (sulfide) groups is 1. The summed E-state index contributed by atoms with van der Waals surface area (Å²) >= 11 is 1.80. The van der Waals surface area contributed by atoms with Crippen molar-refractivity contribution in [2.45, 2.75) is 30.2 Å². The summed E-state index contributed by atoms with van der Waals surface area (Å²) in [5.74, 6) is 1.92. The van der Waals surface area contributed by atoms with Gasteiger partial charge < -0.3 is 5.32 Å². The van der Waals surface area contributed by atoms with Gasteiger partial charge in [-0.05, 0) is 42.7 Å². The van der Waals surface area contributed by atoms with E-state index in [1.54, 1.807) is 23.9 Å². The minimum Gasteiger partial charge on any atom is -0.385 e. The van der Waals surface area contributed by atoms with Crippen molar-refractivity contribution in [1.29, 1.82) is 0 Å². The van der Waals surface area contributed by atoms with Crippen molar-refractivity contribution in [3.63, 3.8) is 0 Å². The largest absolute Gasteiger partial charge is 0.385 e. The first-order valence-electron chi connectivity index (χ1n) is 6.62. The monoisotopic (exact) mass is 298 g/mol. The number of rotatable bonds is 3. The summed E-state index contributed by atoms with van der Waals surface area (Å²) < 4.78 is 27.5. The van der Waals surface area contributed by atoms with E-state index in [9.17, 15) is 8.42 Å². The minimum atomic E-state index is -3.38. The lowest BCUT2D eigenvalue weighted by Crippen LogP contribution is -2.34. The van der Waals surface area contributed by atoms with Crippen molar-refractivity contribution in [3.05, 3.63) is 23.8 Å². The van der Waals surface area contributed by atoms with Gasteiger partial charge in [0.1, 0.15) is 0 Å². The molecule has 4 nitrogen and oxygen atoms in total. The third-order valence-corrected chi connectivity index (χ3v) is 6.26. The molecule has 2 aliphatic rings. The van der Waals surface area contributed by atoms with Gasteiger partial charge in [0, 0.05) is 24.0 Å². The van der Waals surface area contributed by atoms with Crippen molar-refractivity contribution >= 4 is 27.5 Å². The maximum absolute atomic E-state index is 12.3. The van der Waals surface area contributed by atoms with E-state index in [1.807, 2.05) is 6.07 Å². The summed E-state index contributed by atoms with van der Waals surface area (Å²) in [6.45, 7) is 0.920. The fraction of sp³-hybridized carbons (Fsp3) is 0.538. The Kier molecular flexibility index (Phi) is 3.73. The van der Waals surface area contributed by atoms with Crippen molar-refractivity contribution in [3.8, 4) is 0 Å². The average molecular weight is 298 g/mol. The van der Waals surface area contributed by atoms with Crippen LogP contribution in [0.1, 0.15) is 18.4 Å². The molecule has 0 bridgehead atoms. The molecule has 19 heavy (non-hydrogen) atoms. The van der Waals surface area contributed by atoms with Crippen LogP contribution in [-0.2, 0) is 16.4 Å². The number of nitrogens with one attached hydrogen (secondary N) is 2. The molecule has 1 aromatic carbocycles. The first-order chi connectivity index (χ1) is 9.15. The first-order valence-corrected chi connectivity index (χ1v) is 9.26. The number of anilines is 1. The topological polar surface area (TPSA) is 58.2 Å². The fourth-order valence-corrected chi connectivity index (χ4v) is 5.08. The molecule has 1 saturated heterocycles. The van der Waals surface area contributed by atoms with Crippen molar-refractivity contribution in [2.24, 2.45) is 0 Å². The van der Waals surface area contributed by atoms with Gasteiger partial charge in [-0.1, -0.05) is 6.07 Å². The quantitative estimate of drug-likeness (QED) is 0.894. The highest BCUT2D eigenvalue weighted by Gasteiger charge is 2.24. The molecule has 0 radical (unpaired) electrons. The zero-order valence-corrected chi connectivity index (χ0v) is 12.3. The Morgan fingerprint density at radius 1 is 1.37 bits per heavy atom. The van der Waals surface area contributed by atoms with Gasteiger partial charge in [-0.15, -0.1) is 0 Å². The molecule has 2 aliphatic heterocycles. The van der Waals surface area contributed by atoms with E-state index in [1.165, 1.54) is 5.56 Å². The minimum absolute atomic E-state index is 0.0824. The highest BCUT2D eigenvalue weighted by atomic mass is 32.2. The summed E-state index contributed by atoms with van der Waals surface area (Å²) in [5, 5.41) is 3.27. The van der Waals surface area contributed by atoms with Crippen molar-refractivity contribution < 1.29 is 8.42 Å². The van der Waals surface area contributed by atoms with E-state index in [0.717, 1.165) is 43.0 Å². The Bertz CT molecular complexity index is 566. The van der Waals surface area contributed by atoms with Crippen LogP contribution in [-0.4, -0.2) is 32.5 Å². The van der Waals surface area contributed by atoms with Gasteiger partial charge in [-0.25, -0.2) is 13.1 Å². The third kappa shape index (κ3) is 2.90. The molecule has 0 spiro atoms. The average Bonchev–Trinajstić information content (AvgIpc) is 2.90. The molecular formula is C13H18N2O2S2. The molecule has 1 aromatic rings. The predicted octanol–water partition coefficient (Wildman–Crippen LogP) is 1.83. The van der Waals surface area contributed by atoms with Crippen LogP contribution in [0.2, 0.25) is 0 Å². The highest BCUT2D eigenvalue weighted by molar-refractivity contribution is 7.99. The lowest BCUT2D eigenvalue weighted by molar-refractivity contribution is 0.563. The maximum atomic E-state index is 12.3. The number of fused-ring (bicyclic) bond motifs is 1. The lowest BCUT2D eigenvalue weighted by atomic mass is 10.0. The summed E-state index contributed by atoms with van der Waals surface area (Å²) in [5.41, 5.74) is 2.18. The second kappa shape index (κ2) is 5.34. The Balaban J connectivity index is 1.84. The standard InChI is InChI=1S/C13H18N2O2S2/c16-19(17,15-11-5-7-18-9-11)12-4-3-10-2-1-6-14-13(10)8-12/h3-4,8,11,14-15H,1-2,5-7,9H2. The molecule has 0 aliphatic carbocycles. The molecule has 104 valence electrons. The van der Waals surface area contributed by atoms with Crippen LogP contribution in [0.15, 0.2) is 23.1 Å². The van der Waals surface area contributed by atoms with Crippen molar-refractivity contribution in [1.82, 2.24) is 4.72 Å². The van der Waals surface area contributed by atoms with Gasteiger partial charge in [0.05, 0.1) is 4.90 Å². The van der Waals surface area contributed by atoms with Crippen LogP contribution in [0.3, 0.4) is 0 Å². The van der Waals surface area contributed by atoms with E-state index in [2.05, 4.69) is 10.0 Å². The van der Waals surface area contributed by atoms with Crippen LogP contribution in [0.4, 0.5) is 5.69 Å². The summed E-state index contributed by atoms with van der Waals surface area (Å²) in [4.78, 5) is 0.373. The van der Waals surface area contributed by atoms with Gasteiger partial charge in [0.15, 0.2) is 0 Å². The van der Waals surface area contributed by atoms with E-state index in [0.29, 0.717) is 4.90 Å². The van der Waals surface area contributed by atoms with Crippen LogP contribution < -0.4 is 10.0 Å². The van der Waals surface area contributed by atoms with Gasteiger partial charge in [0.25, 0.3) is 0 Å². The second-order valence-corrected chi connectivity index (χ2v) is 7.89. The molecule has 3 rings (SSSR count). The number of benzene rings is 1. The first kappa shape index (κ1) is 13.3. The zero-order valence-electron chi connectivity index (χ0n) is 10.7. The maximum Gasteiger partial charge on any atom is 0.240 e. The highest BCUT2D eigenvalue weighted by Crippen LogP contribution is 2.26. The molecule has 0 amide bonds. The Labute approximate surface area is 118 Å². The van der Waals surface area contributed by atoms with Crippen LogP contribution >= 0.6 is 11.8 Å². The third-order valence-electron chi connectivity index (χ3n) is 3.58. The summed E-state index contributed by atoms with van der Waals surface area (Å²) in [6.07, 6.45) is 3.05. The second-order valence-electron chi connectivity index (χ2n) is 5.03. The number of hydrogen-bond donors (Lipinski definition) is 2. The van der Waals surface area contributed by atoms with Crippen LogP contribution in [0.25, 0.3) is 0 Å². The predicted molar refractivity (Wildman–Crippen MR) is 79.3 cm³/mol. The van der Waals surface area contributed by atoms with E-state index in [4.69, 9.17) is 0 Å². The molecule has 6 heteroatoms. The normalized spacial score (nSPS) is 22.8. The Morgan fingerprint density at radius 2 is 2.26 bits per heavy atom. The molecule has 2 N–H and O–H groups in total. The van der Waals surface area contributed by atoms with Gasteiger partial charge in [-0.2, -0.15) is 11.8 Å². The lowest BCUT2D eigenvalue weighted by Gasteiger charge is -2.19. The smallest absolute Gasteiger partial charge is 0.240 e. The molecule has 0 aromatic heterocycles. The molecule has 1 atom stereocenters. The fourth-order valence-electron chi connectivity index (χ4n) is 2.52. The van der Waals surface area contributed by atoms with E-state index >= 15 is 0 Å². The van der Waals surface area contributed by atoms with E-state index in [-0.39, 0.29) is 6.04 Å². The number of hydrogen-bond acceptors (Lipinski definition) is 4.